The molecule has 1 saturated carbocycles. The Kier molecular flexibility index (Phi) is 3.56. The summed E-state index contributed by atoms with van der Waals surface area (Å²) < 4.78 is 4.67. The minimum absolute atomic E-state index is 0.209. The Morgan fingerprint density at radius 2 is 2.12 bits per heavy atom. The standard InChI is InChI=1S/C11H19N3O2/c1-8-9(13-16-12-8)7-14(2)10-5-3-4-6-11(10)15/h10-11,15H,3-7H2,1-2H3. The molecule has 16 heavy (non-hydrogen) atoms. The average Bonchev–Trinajstić information content (AvgIpc) is 2.65. The van der Waals surface area contributed by atoms with E-state index in [-0.39, 0.29) is 12.1 Å². The van der Waals surface area contributed by atoms with Gasteiger partial charge in [-0.15, -0.1) is 0 Å². The monoisotopic (exact) mass is 225 g/mol. The van der Waals surface area contributed by atoms with E-state index in [4.69, 9.17) is 0 Å². The molecule has 2 rings (SSSR count). The molecule has 0 bridgehead atoms. The number of aryl methyl sites for hydroxylation is 1. The summed E-state index contributed by atoms with van der Waals surface area (Å²) in [6.45, 7) is 2.58. The molecule has 2 atom stereocenters. The lowest BCUT2D eigenvalue weighted by Crippen LogP contribution is -2.43. The van der Waals surface area contributed by atoms with Gasteiger partial charge in [-0.2, -0.15) is 0 Å². The van der Waals surface area contributed by atoms with Gasteiger partial charge in [0.1, 0.15) is 11.4 Å². The first-order valence-electron chi connectivity index (χ1n) is 5.85. The van der Waals surface area contributed by atoms with Crippen molar-refractivity contribution in [2.24, 2.45) is 0 Å². The Balaban J connectivity index is 1.96. The lowest BCUT2D eigenvalue weighted by molar-refractivity contribution is 0.0279. The molecular formula is C11H19N3O2. The van der Waals surface area contributed by atoms with E-state index < -0.39 is 0 Å². The number of hydrogen-bond donors (Lipinski definition) is 1. The zero-order valence-corrected chi connectivity index (χ0v) is 9.89. The first kappa shape index (κ1) is 11.5. The van der Waals surface area contributed by atoms with E-state index in [1.807, 2.05) is 14.0 Å². The Morgan fingerprint density at radius 1 is 1.38 bits per heavy atom. The highest BCUT2D eigenvalue weighted by Crippen LogP contribution is 2.23. The predicted octanol–water partition coefficient (Wildman–Crippen LogP) is 1.11. The quantitative estimate of drug-likeness (QED) is 0.835. The molecule has 1 aromatic heterocycles. The molecule has 5 heteroatoms. The normalized spacial score (nSPS) is 26.2. The van der Waals surface area contributed by atoms with Gasteiger partial charge in [-0.1, -0.05) is 23.2 Å². The van der Waals surface area contributed by atoms with Crippen LogP contribution in [0.5, 0.6) is 0 Å². The Hall–Kier alpha value is -0.940. The number of likely N-dealkylation sites (N-methyl/N-ethyl adjacent to an activating group) is 1. The Bertz CT molecular complexity index is 340. The SMILES string of the molecule is Cc1nonc1CN(C)C1CCCCC1O. The van der Waals surface area contributed by atoms with Crippen molar-refractivity contribution >= 4 is 0 Å². The summed E-state index contributed by atoms with van der Waals surface area (Å²) in [5.74, 6) is 0. The number of hydrogen-bond acceptors (Lipinski definition) is 5. The molecule has 2 unspecified atom stereocenters. The fourth-order valence-corrected chi connectivity index (χ4v) is 2.35. The van der Waals surface area contributed by atoms with E-state index in [0.717, 1.165) is 30.7 Å². The van der Waals surface area contributed by atoms with Gasteiger partial charge in [0.25, 0.3) is 0 Å². The molecule has 1 N–H and O–H groups in total. The fraction of sp³-hybridized carbons (Fsp3) is 0.818. The van der Waals surface area contributed by atoms with E-state index in [9.17, 15) is 5.11 Å². The van der Waals surface area contributed by atoms with Crippen LogP contribution in [-0.4, -0.2) is 39.5 Å². The van der Waals surface area contributed by atoms with E-state index in [1.165, 1.54) is 6.42 Å². The topological polar surface area (TPSA) is 62.4 Å². The molecule has 0 saturated heterocycles. The highest BCUT2D eigenvalue weighted by atomic mass is 16.6. The molecule has 1 aliphatic rings. The lowest BCUT2D eigenvalue weighted by atomic mass is 9.91. The van der Waals surface area contributed by atoms with Crippen LogP contribution in [0.2, 0.25) is 0 Å². The van der Waals surface area contributed by atoms with Crippen molar-refractivity contribution in [1.29, 1.82) is 0 Å². The molecular weight excluding hydrogens is 206 g/mol. The van der Waals surface area contributed by atoms with Gasteiger partial charge in [0, 0.05) is 12.6 Å². The maximum Gasteiger partial charge on any atom is 0.122 e. The van der Waals surface area contributed by atoms with Crippen molar-refractivity contribution < 1.29 is 9.74 Å². The van der Waals surface area contributed by atoms with Crippen LogP contribution in [0.15, 0.2) is 4.63 Å². The summed E-state index contributed by atoms with van der Waals surface area (Å²) in [7, 11) is 2.02. The Labute approximate surface area is 95.4 Å². The van der Waals surface area contributed by atoms with Gasteiger partial charge < -0.3 is 5.11 Å². The van der Waals surface area contributed by atoms with Gasteiger partial charge in [-0.05, 0) is 26.8 Å². The van der Waals surface area contributed by atoms with Gasteiger partial charge in [0.2, 0.25) is 0 Å². The molecule has 5 nitrogen and oxygen atoms in total. The number of aliphatic hydroxyl groups excluding tert-OH is 1. The average molecular weight is 225 g/mol. The second kappa shape index (κ2) is 4.93. The molecule has 0 aromatic carbocycles. The zero-order chi connectivity index (χ0) is 11.5. The first-order valence-corrected chi connectivity index (χ1v) is 5.85. The molecule has 0 aliphatic heterocycles. The van der Waals surface area contributed by atoms with E-state index in [2.05, 4.69) is 19.8 Å². The van der Waals surface area contributed by atoms with Crippen LogP contribution < -0.4 is 0 Å². The number of rotatable bonds is 3. The number of nitrogens with zero attached hydrogens (tertiary/aromatic N) is 3. The minimum Gasteiger partial charge on any atom is -0.391 e. The van der Waals surface area contributed by atoms with Gasteiger partial charge in [-0.25, -0.2) is 4.63 Å². The molecule has 90 valence electrons. The molecule has 1 fully saturated rings. The van der Waals surface area contributed by atoms with Crippen molar-refractivity contribution in [3.8, 4) is 0 Å². The van der Waals surface area contributed by atoms with E-state index in [1.54, 1.807) is 0 Å². The third-order valence-corrected chi connectivity index (χ3v) is 3.41. The third-order valence-electron chi connectivity index (χ3n) is 3.41. The van der Waals surface area contributed by atoms with Gasteiger partial charge in [-0.3, -0.25) is 4.90 Å². The number of aliphatic hydroxyl groups is 1. The van der Waals surface area contributed by atoms with Gasteiger partial charge >= 0.3 is 0 Å². The van der Waals surface area contributed by atoms with Crippen molar-refractivity contribution in [3.05, 3.63) is 11.4 Å². The van der Waals surface area contributed by atoms with Crippen LogP contribution in [0, 0.1) is 6.92 Å². The first-order chi connectivity index (χ1) is 7.68. The second-order valence-electron chi connectivity index (χ2n) is 4.63. The maximum absolute atomic E-state index is 9.94. The molecule has 1 heterocycles. The van der Waals surface area contributed by atoms with Crippen LogP contribution in [0.4, 0.5) is 0 Å². The number of aromatic nitrogens is 2. The highest BCUT2D eigenvalue weighted by Gasteiger charge is 2.27. The van der Waals surface area contributed by atoms with Crippen molar-refractivity contribution in [3.63, 3.8) is 0 Å². The lowest BCUT2D eigenvalue weighted by Gasteiger charge is -2.34. The second-order valence-corrected chi connectivity index (χ2v) is 4.63. The Morgan fingerprint density at radius 3 is 2.75 bits per heavy atom. The summed E-state index contributed by atoms with van der Waals surface area (Å²) in [6.07, 6.45) is 4.09. The van der Waals surface area contributed by atoms with Gasteiger partial charge in [0.05, 0.1) is 6.10 Å². The van der Waals surface area contributed by atoms with Crippen LogP contribution >= 0.6 is 0 Å². The van der Waals surface area contributed by atoms with Crippen molar-refractivity contribution in [2.45, 2.75) is 51.3 Å². The van der Waals surface area contributed by atoms with Crippen LogP contribution in [0.1, 0.15) is 37.1 Å². The van der Waals surface area contributed by atoms with E-state index in [0.29, 0.717) is 6.54 Å². The largest absolute Gasteiger partial charge is 0.391 e. The van der Waals surface area contributed by atoms with Crippen molar-refractivity contribution in [1.82, 2.24) is 15.2 Å². The highest BCUT2D eigenvalue weighted by molar-refractivity contribution is 5.04. The summed E-state index contributed by atoms with van der Waals surface area (Å²) >= 11 is 0. The molecule has 0 radical (unpaired) electrons. The van der Waals surface area contributed by atoms with Crippen molar-refractivity contribution in [2.75, 3.05) is 7.05 Å². The predicted molar refractivity (Wildman–Crippen MR) is 58.8 cm³/mol. The summed E-state index contributed by atoms with van der Waals surface area (Å²) in [5.41, 5.74) is 1.69. The summed E-state index contributed by atoms with van der Waals surface area (Å²) in [5, 5.41) is 17.6. The molecule has 0 amide bonds. The zero-order valence-electron chi connectivity index (χ0n) is 9.89. The maximum atomic E-state index is 9.94. The summed E-state index contributed by atoms with van der Waals surface area (Å²) in [6, 6.07) is 0.241. The molecule has 0 spiro atoms. The summed E-state index contributed by atoms with van der Waals surface area (Å²) in [4.78, 5) is 2.15. The van der Waals surface area contributed by atoms with Crippen LogP contribution in [0.25, 0.3) is 0 Å². The van der Waals surface area contributed by atoms with Gasteiger partial charge in [0.15, 0.2) is 0 Å². The third kappa shape index (κ3) is 2.41. The van der Waals surface area contributed by atoms with Crippen LogP contribution in [-0.2, 0) is 6.54 Å². The van der Waals surface area contributed by atoms with E-state index >= 15 is 0 Å². The fourth-order valence-electron chi connectivity index (χ4n) is 2.35. The smallest absolute Gasteiger partial charge is 0.122 e. The molecule has 1 aliphatic carbocycles. The molecule has 1 aromatic rings. The van der Waals surface area contributed by atoms with Crippen LogP contribution in [0.3, 0.4) is 0 Å². The minimum atomic E-state index is -0.209.